The number of methoxy groups -OCH3 is 3. The molecule has 0 spiro atoms. The van der Waals surface area contributed by atoms with E-state index in [0.717, 1.165) is 37.4 Å². The molecule has 0 radical (unpaired) electrons. The van der Waals surface area contributed by atoms with Crippen LogP contribution in [0.2, 0.25) is 0 Å². The van der Waals surface area contributed by atoms with Gasteiger partial charge in [-0.15, -0.1) is 0 Å². The minimum absolute atomic E-state index is 0.0281. The highest BCUT2D eigenvalue weighted by molar-refractivity contribution is 6.24. The Labute approximate surface area is 264 Å². The lowest BCUT2D eigenvalue weighted by Gasteiger charge is -2.39. The molecule has 1 fully saturated rings. The van der Waals surface area contributed by atoms with Gasteiger partial charge in [0.1, 0.15) is 6.61 Å². The molecule has 1 saturated heterocycles. The Hall–Kier alpha value is -4.41. The molecule has 3 amide bonds. The first-order valence-electron chi connectivity index (χ1n) is 15.4. The van der Waals surface area contributed by atoms with Gasteiger partial charge in [-0.3, -0.25) is 24.2 Å². The van der Waals surface area contributed by atoms with E-state index in [1.165, 1.54) is 17.6 Å². The van der Waals surface area contributed by atoms with Crippen LogP contribution in [-0.4, -0.2) is 88.2 Å². The number of amides is 3. The third-order valence-electron chi connectivity index (χ3n) is 8.76. The molecule has 0 aromatic heterocycles. The number of ether oxygens (including phenoxy) is 3. The van der Waals surface area contributed by atoms with Crippen molar-refractivity contribution in [3.05, 3.63) is 89.0 Å². The summed E-state index contributed by atoms with van der Waals surface area (Å²) < 4.78 is 15.9. The Morgan fingerprint density at radius 1 is 0.844 bits per heavy atom. The van der Waals surface area contributed by atoms with Gasteiger partial charge < -0.3 is 24.4 Å². The Morgan fingerprint density at radius 3 is 2.27 bits per heavy atom. The highest BCUT2D eigenvalue weighted by Crippen LogP contribution is 2.40. The lowest BCUT2D eigenvalue weighted by Crippen LogP contribution is -2.47. The smallest absolute Gasteiger partial charge is 0.264 e. The fourth-order valence-corrected chi connectivity index (χ4v) is 6.33. The van der Waals surface area contributed by atoms with Gasteiger partial charge in [0, 0.05) is 45.9 Å². The van der Waals surface area contributed by atoms with Gasteiger partial charge in [-0.1, -0.05) is 42.5 Å². The molecule has 1 N–H and O–H groups in total. The lowest BCUT2D eigenvalue weighted by atomic mass is 9.99. The molecular formula is C35H42N4O6. The Kier molecular flexibility index (Phi) is 10.4. The number of anilines is 1. The van der Waals surface area contributed by atoms with Crippen LogP contribution in [0, 0.1) is 0 Å². The molecule has 2 aliphatic rings. The topological polar surface area (TPSA) is 101 Å². The van der Waals surface area contributed by atoms with E-state index in [1.807, 2.05) is 30.3 Å². The molecular weight excluding hydrogens is 572 g/mol. The zero-order valence-electron chi connectivity index (χ0n) is 26.5. The molecule has 3 aromatic rings. The van der Waals surface area contributed by atoms with Gasteiger partial charge in [0.05, 0.1) is 37.1 Å². The highest BCUT2D eigenvalue weighted by Gasteiger charge is 2.43. The number of nitrogens with zero attached hydrogens (tertiary/aromatic N) is 3. The number of hydrogen-bond acceptors (Lipinski definition) is 8. The molecule has 2 atom stereocenters. The predicted octanol–water partition coefficient (Wildman–Crippen LogP) is 4.47. The quantitative estimate of drug-likeness (QED) is 0.223. The molecule has 10 nitrogen and oxygen atoms in total. The first kappa shape index (κ1) is 32.0. The number of piperazine rings is 1. The zero-order valence-corrected chi connectivity index (χ0v) is 26.5. The van der Waals surface area contributed by atoms with Crippen molar-refractivity contribution in [3.63, 3.8) is 0 Å². The molecule has 5 rings (SSSR count). The molecule has 0 saturated carbocycles. The fraction of sp³-hybridized carbons (Fsp3) is 0.400. The van der Waals surface area contributed by atoms with Crippen molar-refractivity contribution in [3.8, 4) is 11.5 Å². The number of fused-ring (bicyclic) bond motifs is 1. The van der Waals surface area contributed by atoms with E-state index in [9.17, 15) is 14.4 Å². The average Bonchev–Trinajstić information content (AvgIpc) is 3.33. The third-order valence-corrected chi connectivity index (χ3v) is 8.76. The van der Waals surface area contributed by atoms with Crippen molar-refractivity contribution in [1.82, 2.24) is 15.1 Å². The van der Waals surface area contributed by atoms with E-state index in [4.69, 9.17) is 14.2 Å². The molecule has 0 aliphatic carbocycles. The van der Waals surface area contributed by atoms with E-state index in [2.05, 4.69) is 46.3 Å². The molecule has 2 aliphatic heterocycles. The summed E-state index contributed by atoms with van der Waals surface area (Å²) >= 11 is 0. The lowest BCUT2D eigenvalue weighted by molar-refractivity contribution is -0.124. The fourth-order valence-electron chi connectivity index (χ4n) is 6.33. The number of rotatable bonds is 13. The summed E-state index contributed by atoms with van der Waals surface area (Å²) in [5, 5.41) is 2.83. The summed E-state index contributed by atoms with van der Waals surface area (Å²) in [4.78, 5) is 46.3. The van der Waals surface area contributed by atoms with Crippen LogP contribution >= 0.6 is 0 Å². The Bertz CT molecular complexity index is 1510. The first-order valence-corrected chi connectivity index (χ1v) is 15.4. The van der Waals surface area contributed by atoms with E-state index in [1.54, 1.807) is 26.4 Å². The van der Waals surface area contributed by atoms with E-state index < -0.39 is 6.04 Å². The van der Waals surface area contributed by atoms with Crippen LogP contribution in [0.4, 0.5) is 5.69 Å². The van der Waals surface area contributed by atoms with Crippen LogP contribution in [0.1, 0.15) is 63.7 Å². The number of carbonyl (C=O) groups is 3. The van der Waals surface area contributed by atoms with Crippen molar-refractivity contribution in [2.45, 2.75) is 31.8 Å². The first-order chi connectivity index (χ1) is 21.9. The normalized spacial score (nSPS) is 16.4. The number of hydrogen-bond donors (Lipinski definition) is 1. The van der Waals surface area contributed by atoms with Gasteiger partial charge in [0.2, 0.25) is 5.91 Å². The van der Waals surface area contributed by atoms with E-state index >= 15 is 0 Å². The summed E-state index contributed by atoms with van der Waals surface area (Å²) in [6, 6.07) is 21.2. The molecule has 3 aromatic carbocycles. The molecule has 238 valence electrons. The SMILES string of the molecule is COCC(=O)NCCC[C@H](c1ccc(OC)c(OC)c1)N1C(=O)c2cccc(N3CCN(C(C)c4ccccc4)CC3)c2C1=O. The number of carbonyl (C=O) groups excluding carboxylic acids is 3. The van der Waals surface area contributed by atoms with Crippen LogP contribution in [0.5, 0.6) is 11.5 Å². The second-order valence-electron chi connectivity index (χ2n) is 11.3. The predicted molar refractivity (Wildman–Crippen MR) is 172 cm³/mol. The maximum atomic E-state index is 14.3. The zero-order chi connectivity index (χ0) is 31.9. The largest absolute Gasteiger partial charge is 0.493 e. The van der Waals surface area contributed by atoms with Crippen molar-refractivity contribution in [2.24, 2.45) is 0 Å². The Balaban J connectivity index is 1.38. The van der Waals surface area contributed by atoms with Crippen molar-refractivity contribution < 1.29 is 28.6 Å². The monoisotopic (exact) mass is 614 g/mol. The maximum absolute atomic E-state index is 14.3. The van der Waals surface area contributed by atoms with Crippen molar-refractivity contribution in [1.29, 1.82) is 0 Å². The van der Waals surface area contributed by atoms with Crippen LogP contribution in [0.25, 0.3) is 0 Å². The van der Waals surface area contributed by atoms with Crippen LogP contribution in [0.3, 0.4) is 0 Å². The van der Waals surface area contributed by atoms with Crippen LogP contribution in [0.15, 0.2) is 66.7 Å². The van der Waals surface area contributed by atoms with Gasteiger partial charge >= 0.3 is 0 Å². The van der Waals surface area contributed by atoms with Gasteiger partial charge in [-0.2, -0.15) is 0 Å². The van der Waals surface area contributed by atoms with Crippen molar-refractivity contribution >= 4 is 23.4 Å². The summed E-state index contributed by atoms with van der Waals surface area (Å²) in [5.41, 5.74) is 3.68. The van der Waals surface area contributed by atoms with Gasteiger partial charge in [-0.25, -0.2) is 0 Å². The number of benzene rings is 3. The average molecular weight is 615 g/mol. The Morgan fingerprint density at radius 2 is 1.58 bits per heavy atom. The van der Waals surface area contributed by atoms with Gasteiger partial charge in [-0.05, 0) is 55.2 Å². The highest BCUT2D eigenvalue weighted by atomic mass is 16.5. The number of imide groups is 1. The standard InChI is InChI=1S/C35H42N4O6/c1-24(25-10-6-5-7-11-25)37-18-20-38(21-19-37)29-13-8-12-27-33(29)35(42)39(34(27)41)28(14-9-17-36-32(40)23-43-2)26-15-16-30(44-3)31(22-26)45-4/h5-8,10-13,15-16,22,24,28H,9,14,17-21,23H2,1-4H3,(H,36,40)/t24?,28-/m1/s1. The second-order valence-corrected chi connectivity index (χ2v) is 11.3. The van der Waals surface area contributed by atoms with Gasteiger partial charge in [0.15, 0.2) is 11.5 Å². The molecule has 45 heavy (non-hydrogen) atoms. The summed E-state index contributed by atoms with van der Waals surface area (Å²) in [5.74, 6) is 0.208. The third kappa shape index (κ3) is 6.82. The van der Waals surface area contributed by atoms with Gasteiger partial charge in [0.25, 0.3) is 11.8 Å². The summed E-state index contributed by atoms with van der Waals surface area (Å²) in [7, 11) is 4.58. The molecule has 10 heteroatoms. The summed E-state index contributed by atoms with van der Waals surface area (Å²) in [6.07, 6.45) is 0.982. The summed E-state index contributed by atoms with van der Waals surface area (Å²) in [6.45, 7) is 5.75. The van der Waals surface area contributed by atoms with Crippen LogP contribution < -0.4 is 19.7 Å². The minimum Gasteiger partial charge on any atom is -0.493 e. The molecule has 2 heterocycles. The maximum Gasteiger partial charge on any atom is 0.264 e. The minimum atomic E-state index is -0.576. The van der Waals surface area contributed by atoms with E-state index in [0.29, 0.717) is 42.0 Å². The van der Waals surface area contributed by atoms with Crippen molar-refractivity contribution in [2.75, 3.05) is 65.6 Å². The second kappa shape index (κ2) is 14.6. The molecule has 1 unspecified atom stereocenters. The molecule has 0 bridgehead atoms. The van der Waals surface area contributed by atoms with Crippen LogP contribution in [-0.2, 0) is 9.53 Å². The van der Waals surface area contributed by atoms with E-state index in [-0.39, 0.29) is 30.4 Å². The number of nitrogens with one attached hydrogen (secondary N) is 1.